The molecule has 0 radical (unpaired) electrons. The van der Waals surface area contributed by atoms with Crippen LogP contribution in [0.15, 0.2) is 0 Å². The van der Waals surface area contributed by atoms with Gasteiger partial charge >= 0.3 is 0 Å². The van der Waals surface area contributed by atoms with Crippen LogP contribution < -0.4 is 5.73 Å². The number of rotatable bonds is 4. The minimum Gasteiger partial charge on any atom is -0.384 e. The zero-order chi connectivity index (χ0) is 8.97. The van der Waals surface area contributed by atoms with Gasteiger partial charge < -0.3 is 15.4 Å². The Bertz CT molecular complexity index is 155. The molecule has 4 nitrogen and oxygen atoms in total. The highest BCUT2D eigenvalue weighted by Crippen LogP contribution is 2.14. The van der Waals surface area contributed by atoms with Crippen LogP contribution in [0.1, 0.15) is 6.42 Å². The fourth-order valence-electron chi connectivity index (χ4n) is 1.27. The van der Waals surface area contributed by atoms with E-state index in [2.05, 4.69) is 0 Å². The molecule has 4 heteroatoms. The van der Waals surface area contributed by atoms with Crippen molar-refractivity contribution in [1.29, 1.82) is 0 Å². The van der Waals surface area contributed by atoms with Crippen LogP contribution in [-0.2, 0) is 9.53 Å². The van der Waals surface area contributed by atoms with Crippen LogP contribution in [0.4, 0.5) is 0 Å². The lowest BCUT2D eigenvalue weighted by Gasteiger charge is -2.38. The van der Waals surface area contributed by atoms with Crippen molar-refractivity contribution >= 4 is 5.91 Å². The van der Waals surface area contributed by atoms with E-state index in [1.165, 1.54) is 0 Å². The van der Waals surface area contributed by atoms with Gasteiger partial charge in [0.1, 0.15) is 0 Å². The third-order valence-corrected chi connectivity index (χ3v) is 2.16. The van der Waals surface area contributed by atoms with Gasteiger partial charge in [-0.2, -0.15) is 0 Å². The minimum atomic E-state index is 0.182. The number of hydrogen-bond donors (Lipinski definition) is 1. The van der Waals surface area contributed by atoms with E-state index in [1.54, 1.807) is 7.11 Å². The number of hydrogen-bond acceptors (Lipinski definition) is 3. The predicted molar refractivity (Wildman–Crippen MR) is 45.6 cm³/mol. The Balaban J connectivity index is 2.11. The third-order valence-electron chi connectivity index (χ3n) is 2.16. The van der Waals surface area contributed by atoms with Crippen LogP contribution in [-0.4, -0.2) is 44.2 Å². The molecule has 1 fully saturated rings. The Morgan fingerprint density at radius 3 is 2.83 bits per heavy atom. The molecular formula is C8H16N2O2. The number of likely N-dealkylation sites (tertiary alicyclic amines) is 1. The van der Waals surface area contributed by atoms with Crippen LogP contribution in [0.5, 0.6) is 0 Å². The lowest BCUT2D eigenvalue weighted by molar-refractivity contribution is -0.138. The van der Waals surface area contributed by atoms with Crippen molar-refractivity contribution in [2.24, 2.45) is 11.7 Å². The average Bonchev–Trinajstić information content (AvgIpc) is 1.99. The molecule has 0 atom stereocenters. The van der Waals surface area contributed by atoms with Crippen molar-refractivity contribution in [3.63, 3.8) is 0 Å². The molecule has 0 aromatic rings. The molecular weight excluding hydrogens is 156 g/mol. The smallest absolute Gasteiger partial charge is 0.224 e. The molecule has 1 saturated heterocycles. The van der Waals surface area contributed by atoms with Crippen molar-refractivity contribution < 1.29 is 9.53 Å². The van der Waals surface area contributed by atoms with Gasteiger partial charge in [0.25, 0.3) is 0 Å². The number of nitrogens with two attached hydrogens (primary N) is 1. The second kappa shape index (κ2) is 4.42. The van der Waals surface area contributed by atoms with Crippen molar-refractivity contribution in [3.8, 4) is 0 Å². The molecule has 0 spiro atoms. The van der Waals surface area contributed by atoms with Gasteiger partial charge in [0.15, 0.2) is 0 Å². The van der Waals surface area contributed by atoms with Crippen LogP contribution >= 0.6 is 0 Å². The normalized spacial score (nSPS) is 17.7. The number of nitrogens with zero attached hydrogens (tertiary/aromatic N) is 1. The van der Waals surface area contributed by atoms with E-state index < -0.39 is 0 Å². The highest BCUT2D eigenvalue weighted by molar-refractivity contribution is 5.77. The van der Waals surface area contributed by atoms with Gasteiger partial charge in [-0.15, -0.1) is 0 Å². The van der Waals surface area contributed by atoms with Gasteiger partial charge in [-0.25, -0.2) is 0 Å². The lowest BCUT2D eigenvalue weighted by atomic mass is 10.0. The molecule has 1 amide bonds. The van der Waals surface area contributed by atoms with Gasteiger partial charge in [-0.3, -0.25) is 4.79 Å². The van der Waals surface area contributed by atoms with Crippen LogP contribution in [0.2, 0.25) is 0 Å². The largest absolute Gasteiger partial charge is 0.384 e. The Morgan fingerprint density at radius 1 is 1.67 bits per heavy atom. The fraction of sp³-hybridized carbons (Fsp3) is 0.875. The highest BCUT2D eigenvalue weighted by Gasteiger charge is 2.28. The van der Waals surface area contributed by atoms with Crippen LogP contribution in [0, 0.1) is 5.92 Å². The summed E-state index contributed by atoms with van der Waals surface area (Å²) >= 11 is 0. The summed E-state index contributed by atoms with van der Waals surface area (Å²) in [5.74, 6) is 0.707. The molecule has 0 aliphatic carbocycles. The van der Waals surface area contributed by atoms with E-state index in [9.17, 15) is 4.79 Å². The van der Waals surface area contributed by atoms with Gasteiger partial charge in [-0.05, 0) is 6.54 Å². The average molecular weight is 172 g/mol. The Morgan fingerprint density at radius 2 is 2.33 bits per heavy atom. The zero-order valence-corrected chi connectivity index (χ0v) is 7.45. The number of carbonyl (C=O) groups is 1. The molecule has 2 N–H and O–H groups in total. The van der Waals surface area contributed by atoms with E-state index in [4.69, 9.17) is 10.5 Å². The van der Waals surface area contributed by atoms with Gasteiger partial charge in [-0.1, -0.05) is 0 Å². The Labute approximate surface area is 72.7 Å². The molecule has 70 valence electrons. The first kappa shape index (κ1) is 9.48. The predicted octanol–water partition coefficient (Wildman–Crippen LogP) is -0.560. The first-order chi connectivity index (χ1) is 5.77. The maximum absolute atomic E-state index is 11.3. The summed E-state index contributed by atoms with van der Waals surface area (Å²) in [5.41, 5.74) is 5.43. The summed E-state index contributed by atoms with van der Waals surface area (Å²) in [6.45, 7) is 2.87. The molecule has 0 bridgehead atoms. The van der Waals surface area contributed by atoms with Crippen molar-refractivity contribution in [1.82, 2.24) is 4.90 Å². The number of amides is 1. The SMILES string of the molecule is COCCC(=O)N1CC(CN)C1. The second-order valence-corrected chi connectivity index (χ2v) is 3.14. The van der Waals surface area contributed by atoms with E-state index in [-0.39, 0.29) is 5.91 Å². The minimum absolute atomic E-state index is 0.182. The molecule has 0 aromatic carbocycles. The van der Waals surface area contributed by atoms with Crippen molar-refractivity contribution in [3.05, 3.63) is 0 Å². The molecule has 0 aromatic heterocycles. The summed E-state index contributed by atoms with van der Waals surface area (Å²) in [5, 5.41) is 0. The van der Waals surface area contributed by atoms with Crippen LogP contribution in [0.25, 0.3) is 0 Å². The molecule has 1 aliphatic rings. The summed E-state index contributed by atoms with van der Waals surface area (Å²) in [7, 11) is 1.60. The van der Waals surface area contributed by atoms with Crippen molar-refractivity contribution in [2.45, 2.75) is 6.42 Å². The van der Waals surface area contributed by atoms with Crippen LogP contribution in [0.3, 0.4) is 0 Å². The lowest BCUT2D eigenvalue weighted by Crippen LogP contribution is -2.52. The topological polar surface area (TPSA) is 55.6 Å². The Kier molecular flexibility index (Phi) is 3.49. The summed E-state index contributed by atoms with van der Waals surface area (Å²) in [6, 6.07) is 0. The van der Waals surface area contributed by atoms with E-state index in [0.29, 0.717) is 25.5 Å². The van der Waals surface area contributed by atoms with Gasteiger partial charge in [0.2, 0.25) is 5.91 Å². The molecule has 1 heterocycles. The number of carbonyl (C=O) groups excluding carboxylic acids is 1. The Hall–Kier alpha value is -0.610. The van der Waals surface area contributed by atoms with E-state index in [1.807, 2.05) is 4.90 Å². The monoisotopic (exact) mass is 172 g/mol. The van der Waals surface area contributed by atoms with Gasteiger partial charge in [0, 0.05) is 26.1 Å². The maximum Gasteiger partial charge on any atom is 0.224 e. The summed E-state index contributed by atoms with van der Waals surface area (Å²) < 4.78 is 4.81. The van der Waals surface area contributed by atoms with E-state index in [0.717, 1.165) is 13.1 Å². The highest BCUT2D eigenvalue weighted by atomic mass is 16.5. The molecule has 1 aliphatic heterocycles. The first-order valence-corrected chi connectivity index (χ1v) is 4.24. The number of ether oxygens (including phenoxy) is 1. The quantitative estimate of drug-likeness (QED) is 0.618. The first-order valence-electron chi connectivity index (χ1n) is 4.24. The van der Waals surface area contributed by atoms with E-state index >= 15 is 0 Å². The summed E-state index contributed by atoms with van der Waals surface area (Å²) in [6.07, 6.45) is 0.494. The van der Waals surface area contributed by atoms with Gasteiger partial charge in [0.05, 0.1) is 13.0 Å². The standard InChI is InChI=1S/C8H16N2O2/c1-12-3-2-8(11)10-5-7(4-9)6-10/h7H,2-6,9H2,1H3. The van der Waals surface area contributed by atoms with Crippen molar-refractivity contribution in [2.75, 3.05) is 33.4 Å². The second-order valence-electron chi connectivity index (χ2n) is 3.14. The zero-order valence-electron chi connectivity index (χ0n) is 7.45. The number of methoxy groups -OCH3 is 1. The maximum atomic E-state index is 11.3. The molecule has 0 saturated carbocycles. The molecule has 1 rings (SSSR count). The third kappa shape index (κ3) is 2.19. The molecule has 0 unspecified atom stereocenters. The fourth-order valence-corrected chi connectivity index (χ4v) is 1.27. The molecule has 12 heavy (non-hydrogen) atoms. The summed E-state index contributed by atoms with van der Waals surface area (Å²) in [4.78, 5) is 13.1.